The second-order valence-electron chi connectivity index (χ2n) is 6.04. The van der Waals surface area contributed by atoms with Crippen molar-refractivity contribution in [1.29, 1.82) is 0 Å². The lowest BCUT2D eigenvalue weighted by Gasteiger charge is -2.22. The van der Waals surface area contributed by atoms with Crippen LogP contribution < -0.4 is 4.74 Å². The summed E-state index contributed by atoms with van der Waals surface area (Å²) >= 11 is 0. The SMILES string of the molecule is O=C(Oc1ccccc1[N+](=O)[O-])C1CCCN1C(=O)OCc1ccccc1. The normalized spacial score (nSPS) is 16.0. The number of ether oxygens (including phenoxy) is 2. The van der Waals surface area contributed by atoms with E-state index >= 15 is 0 Å². The molecule has 1 unspecified atom stereocenters. The highest BCUT2D eigenvalue weighted by atomic mass is 16.6. The standard InChI is InChI=1S/C19H18N2O6/c22-18(27-17-11-5-4-9-15(17)21(24)25)16-10-6-12-20(16)19(23)26-13-14-7-2-1-3-8-14/h1-5,7-9,11,16H,6,10,12-13H2. The van der Waals surface area contributed by atoms with Gasteiger partial charge in [0.15, 0.2) is 0 Å². The summed E-state index contributed by atoms with van der Waals surface area (Å²) in [6, 6.07) is 14.0. The second kappa shape index (κ2) is 8.31. The molecular weight excluding hydrogens is 352 g/mol. The molecule has 0 bridgehead atoms. The number of benzene rings is 2. The van der Waals surface area contributed by atoms with E-state index in [-0.39, 0.29) is 18.0 Å². The van der Waals surface area contributed by atoms with Gasteiger partial charge in [0.25, 0.3) is 0 Å². The van der Waals surface area contributed by atoms with Crippen molar-refractivity contribution in [2.24, 2.45) is 0 Å². The summed E-state index contributed by atoms with van der Waals surface area (Å²) in [4.78, 5) is 36.6. The van der Waals surface area contributed by atoms with E-state index in [4.69, 9.17) is 9.47 Å². The first-order valence-corrected chi connectivity index (χ1v) is 8.48. The summed E-state index contributed by atoms with van der Waals surface area (Å²) in [6.45, 7) is 0.465. The van der Waals surface area contributed by atoms with E-state index in [9.17, 15) is 19.7 Å². The zero-order valence-corrected chi connectivity index (χ0v) is 14.4. The van der Waals surface area contributed by atoms with Gasteiger partial charge < -0.3 is 9.47 Å². The molecule has 0 radical (unpaired) electrons. The molecule has 140 valence electrons. The van der Waals surface area contributed by atoms with Gasteiger partial charge in [-0.05, 0) is 24.5 Å². The van der Waals surface area contributed by atoms with Gasteiger partial charge in [-0.25, -0.2) is 9.59 Å². The zero-order chi connectivity index (χ0) is 19.2. The molecule has 1 saturated heterocycles. The van der Waals surface area contributed by atoms with Crippen LogP contribution in [-0.4, -0.2) is 34.5 Å². The van der Waals surface area contributed by atoms with Crippen LogP contribution >= 0.6 is 0 Å². The lowest BCUT2D eigenvalue weighted by molar-refractivity contribution is -0.385. The fourth-order valence-electron chi connectivity index (χ4n) is 2.90. The molecule has 1 fully saturated rings. The Labute approximate surface area is 155 Å². The molecular formula is C19H18N2O6. The molecule has 0 saturated carbocycles. The first-order valence-electron chi connectivity index (χ1n) is 8.48. The third kappa shape index (κ3) is 4.41. The molecule has 27 heavy (non-hydrogen) atoms. The molecule has 0 N–H and O–H groups in total. The highest BCUT2D eigenvalue weighted by molar-refractivity contribution is 5.84. The Bertz CT molecular complexity index is 839. The number of carbonyl (C=O) groups excluding carboxylic acids is 2. The second-order valence-corrected chi connectivity index (χ2v) is 6.04. The average molecular weight is 370 g/mol. The van der Waals surface area contributed by atoms with Crippen molar-refractivity contribution >= 4 is 17.7 Å². The quantitative estimate of drug-likeness (QED) is 0.347. The van der Waals surface area contributed by atoms with Crippen molar-refractivity contribution < 1.29 is 24.0 Å². The molecule has 2 aromatic rings. The lowest BCUT2D eigenvalue weighted by Crippen LogP contribution is -2.42. The molecule has 8 nitrogen and oxygen atoms in total. The van der Waals surface area contributed by atoms with Crippen molar-refractivity contribution in [2.75, 3.05) is 6.54 Å². The van der Waals surface area contributed by atoms with Crippen LogP contribution in [0.3, 0.4) is 0 Å². The highest BCUT2D eigenvalue weighted by Gasteiger charge is 2.37. The number of para-hydroxylation sites is 2. The number of nitro benzene ring substituents is 1. The topological polar surface area (TPSA) is 99.0 Å². The van der Waals surface area contributed by atoms with Gasteiger partial charge in [-0.3, -0.25) is 15.0 Å². The fraction of sp³-hybridized carbons (Fsp3) is 0.263. The molecule has 3 rings (SSSR count). The van der Waals surface area contributed by atoms with E-state index < -0.39 is 23.0 Å². The van der Waals surface area contributed by atoms with Crippen LogP contribution in [0, 0.1) is 10.1 Å². The van der Waals surface area contributed by atoms with Crippen LogP contribution in [0.25, 0.3) is 0 Å². The Morgan fingerprint density at radius 1 is 1.11 bits per heavy atom. The van der Waals surface area contributed by atoms with Crippen LogP contribution in [0.2, 0.25) is 0 Å². The number of rotatable bonds is 5. The molecule has 0 aromatic heterocycles. The summed E-state index contributed by atoms with van der Waals surface area (Å²) < 4.78 is 10.5. The van der Waals surface area contributed by atoms with E-state index in [1.807, 2.05) is 30.3 Å². The van der Waals surface area contributed by atoms with Gasteiger partial charge in [0.1, 0.15) is 12.6 Å². The van der Waals surface area contributed by atoms with E-state index in [1.54, 1.807) is 0 Å². The molecule has 1 heterocycles. The Morgan fingerprint density at radius 2 is 1.81 bits per heavy atom. The number of amides is 1. The van der Waals surface area contributed by atoms with Crippen LogP contribution in [-0.2, 0) is 16.1 Å². The van der Waals surface area contributed by atoms with Crippen LogP contribution in [0.5, 0.6) is 5.75 Å². The van der Waals surface area contributed by atoms with Crippen molar-refractivity contribution in [3.05, 3.63) is 70.3 Å². The summed E-state index contributed by atoms with van der Waals surface area (Å²) in [7, 11) is 0. The number of hydrogen-bond donors (Lipinski definition) is 0. The smallest absolute Gasteiger partial charge is 0.410 e. The Kier molecular flexibility index (Phi) is 5.65. The molecule has 1 aliphatic heterocycles. The monoisotopic (exact) mass is 370 g/mol. The number of carbonyl (C=O) groups is 2. The first kappa shape index (κ1) is 18.4. The molecule has 0 aliphatic carbocycles. The van der Waals surface area contributed by atoms with Gasteiger partial charge in [0, 0.05) is 12.6 Å². The summed E-state index contributed by atoms with van der Waals surface area (Å²) in [6.07, 6.45) is 0.428. The molecule has 0 spiro atoms. The summed E-state index contributed by atoms with van der Waals surface area (Å²) in [5.41, 5.74) is 0.533. The summed E-state index contributed by atoms with van der Waals surface area (Å²) in [5.74, 6) is -0.851. The summed E-state index contributed by atoms with van der Waals surface area (Å²) in [5, 5.41) is 11.0. The first-order chi connectivity index (χ1) is 13.1. The van der Waals surface area contributed by atoms with Gasteiger partial charge >= 0.3 is 17.7 Å². The van der Waals surface area contributed by atoms with Crippen molar-refractivity contribution in [1.82, 2.24) is 4.90 Å². The molecule has 1 aliphatic rings. The maximum atomic E-state index is 12.5. The minimum absolute atomic E-state index is 0.0993. The van der Waals surface area contributed by atoms with Crippen molar-refractivity contribution in [3.8, 4) is 5.75 Å². The number of nitro groups is 1. The molecule has 1 atom stereocenters. The van der Waals surface area contributed by atoms with Gasteiger partial charge in [-0.1, -0.05) is 42.5 Å². The van der Waals surface area contributed by atoms with E-state index in [0.717, 1.165) is 5.56 Å². The third-order valence-electron chi connectivity index (χ3n) is 4.24. The van der Waals surface area contributed by atoms with E-state index in [1.165, 1.54) is 29.2 Å². The third-order valence-corrected chi connectivity index (χ3v) is 4.24. The minimum atomic E-state index is -0.826. The lowest BCUT2D eigenvalue weighted by atomic mass is 10.2. The number of hydrogen-bond acceptors (Lipinski definition) is 6. The minimum Gasteiger partial charge on any atom is -0.445 e. The van der Waals surface area contributed by atoms with Crippen LogP contribution in [0.4, 0.5) is 10.5 Å². The van der Waals surface area contributed by atoms with Gasteiger partial charge in [-0.15, -0.1) is 0 Å². The Hall–Kier alpha value is -3.42. The Morgan fingerprint density at radius 3 is 2.56 bits per heavy atom. The molecule has 1 amide bonds. The van der Waals surface area contributed by atoms with E-state index in [2.05, 4.69) is 0 Å². The fourth-order valence-corrected chi connectivity index (χ4v) is 2.90. The Balaban J connectivity index is 1.64. The van der Waals surface area contributed by atoms with Crippen molar-refractivity contribution in [3.63, 3.8) is 0 Å². The largest absolute Gasteiger partial charge is 0.445 e. The predicted octanol–water partition coefficient (Wildman–Crippen LogP) is 3.30. The molecule has 8 heteroatoms. The van der Waals surface area contributed by atoms with Gasteiger partial charge in [0.05, 0.1) is 4.92 Å². The van der Waals surface area contributed by atoms with Gasteiger partial charge in [0.2, 0.25) is 5.75 Å². The highest BCUT2D eigenvalue weighted by Crippen LogP contribution is 2.28. The van der Waals surface area contributed by atoms with Gasteiger partial charge in [-0.2, -0.15) is 0 Å². The molecule has 2 aromatic carbocycles. The van der Waals surface area contributed by atoms with Crippen molar-refractivity contribution in [2.45, 2.75) is 25.5 Å². The maximum absolute atomic E-state index is 12.5. The zero-order valence-electron chi connectivity index (χ0n) is 14.4. The number of nitrogens with zero attached hydrogens (tertiary/aromatic N) is 2. The maximum Gasteiger partial charge on any atom is 0.410 e. The average Bonchev–Trinajstić information content (AvgIpc) is 3.17. The number of esters is 1. The van der Waals surface area contributed by atoms with Crippen LogP contribution in [0.1, 0.15) is 18.4 Å². The number of likely N-dealkylation sites (tertiary alicyclic amines) is 1. The van der Waals surface area contributed by atoms with Crippen LogP contribution in [0.15, 0.2) is 54.6 Å². The van der Waals surface area contributed by atoms with E-state index in [0.29, 0.717) is 19.4 Å². The predicted molar refractivity (Wildman–Crippen MR) is 95.1 cm³/mol.